The van der Waals surface area contributed by atoms with Crippen molar-refractivity contribution in [2.45, 2.75) is 31.7 Å². The second-order valence-corrected chi connectivity index (χ2v) is 6.91. The molecule has 1 unspecified atom stereocenters. The maximum Gasteiger partial charge on any atom is 0.274 e. The van der Waals surface area contributed by atoms with Gasteiger partial charge in [-0.2, -0.15) is 0 Å². The molecule has 28 heavy (non-hydrogen) atoms. The molecule has 1 aliphatic heterocycles. The summed E-state index contributed by atoms with van der Waals surface area (Å²) < 4.78 is 5.75. The number of likely N-dealkylation sites (tertiary alicyclic amines) is 1. The van der Waals surface area contributed by atoms with Gasteiger partial charge < -0.3 is 15.4 Å². The van der Waals surface area contributed by atoms with E-state index in [0.29, 0.717) is 23.5 Å². The standard InChI is InChI=1S/C21H25N3O4/c22-19(21(26)24-12-2-1-3-13-24)14-15-4-8-17(9-5-15)28-18-10-6-16(7-11-18)20(25)23-27/h4-11,19,27H,1-3,12-14,22H2,(H,23,25). The van der Waals surface area contributed by atoms with Crippen molar-refractivity contribution in [3.8, 4) is 11.5 Å². The molecular weight excluding hydrogens is 358 g/mol. The van der Waals surface area contributed by atoms with E-state index >= 15 is 0 Å². The van der Waals surface area contributed by atoms with Gasteiger partial charge in [0.1, 0.15) is 11.5 Å². The number of amides is 2. The third kappa shape index (κ3) is 5.09. The minimum Gasteiger partial charge on any atom is -0.457 e. The van der Waals surface area contributed by atoms with Crippen LogP contribution in [0.5, 0.6) is 11.5 Å². The Kier molecular flexibility index (Phi) is 6.62. The summed E-state index contributed by atoms with van der Waals surface area (Å²) in [6, 6.07) is 13.3. The van der Waals surface area contributed by atoms with Gasteiger partial charge in [-0.15, -0.1) is 0 Å². The normalized spacial score (nSPS) is 15.0. The molecule has 2 aromatic carbocycles. The van der Waals surface area contributed by atoms with Gasteiger partial charge in [0.25, 0.3) is 5.91 Å². The molecule has 1 aliphatic rings. The Bertz CT molecular complexity index is 799. The van der Waals surface area contributed by atoms with Gasteiger partial charge in [-0.25, -0.2) is 5.48 Å². The Hall–Kier alpha value is -2.90. The van der Waals surface area contributed by atoms with Crippen LogP contribution in [0.3, 0.4) is 0 Å². The van der Waals surface area contributed by atoms with Crippen LogP contribution in [0, 0.1) is 0 Å². The summed E-state index contributed by atoms with van der Waals surface area (Å²) >= 11 is 0. The lowest BCUT2D eigenvalue weighted by Crippen LogP contribution is -2.46. The summed E-state index contributed by atoms with van der Waals surface area (Å²) in [6.07, 6.45) is 3.77. The molecule has 7 nitrogen and oxygen atoms in total. The zero-order valence-electron chi connectivity index (χ0n) is 15.6. The highest BCUT2D eigenvalue weighted by Crippen LogP contribution is 2.22. The quantitative estimate of drug-likeness (QED) is 0.525. The Labute approximate surface area is 164 Å². The Balaban J connectivity index is 1.55. The molecular formula is C21H25N3O4. The predicted molar refractivity (Wildman–Crippen MR) is 104 cm³/mol. The number of hydrogen-bond donors (Lipinski definition) is 3. The molecule has 3 rings (SSSR count). The highest BCUT2D eigenvalue weighted by molar-refractivity contribution is 5.93. The van der Waals surface area contributed by atoms with E-state index in [-0.39, 0.29) is 5.91 Å². The summed E-state index contributed by atoms with van der Waals surface area (Å²) in [5, 5.41) is 8.63. The number of hydroxylamine groups is 1. The number of nitrogens with zero attached hydrogens (tertiary/aromatic N) is 1. The highest BCUT2D eigenvalue weighted by Gasteiger charge is 2.22. The average molecular weight is 383 g/mol. The summed E-state index contributed by atoms with van der Waals surface area (Å²) in [5.41, 5.74) is 9.01. The van der Waals surface area contributed by atoms with Crippen LogP contribution < -0.4 is 16.0 Å². The van der Waals surface area contributed by atoms with Crippen LogP contribution >= 0.6 is 0 Å². The summed E-state index contributed by atoms with van der Waals surface area (Å²) in [5.74, 6) is 0.650. The first-order valence-electron chi connectivity index (χ1n) is 9.42. The van der Waals surface area contributed by atoms with E-state index in [1.807, 2.05) is 29.2 Å². The van der Waals surface area contributed by atoms with Crippen LogP contribution in [0.4, 0.5) is 0 Å². The maximum absolute atomic E-state index is 12.4. The molecule has 0 radical (unpaired) electrons. The van der Waals surface area contributed by atoms with Crippen molar-refractivity contribution in [2.24, 2.45) is 5.73 Å². The lowest BCUT2D eigenvalue weighted by Gasteiger charge is -2.29. The first kappa shape index (κ1) is 19.9. The van der Waals surface area contributed by atoms with Crippen molar-refractivity contribution in [3.63, 3.8) is 0 Å². The number of benzene rings is 2. The van der Waals surface area contributed by atoms with Crippen molar-refractivity contribution < 1.29 is 19.5 Å². The van der Waals surface area contributed by atoms with Crippen LogP contribution in [0.2, 0.25) is 0 Å². The van der Waals surface area contributed by atoms with Gasteiger partial charge in [-0.3, -0.25) is 14.8 Å². The summed E-state index contributed by atoms with van der Waals surface area (Å²) in [6.45, 7) is 1.61. The third-order valence-electron chi connectivity index (χ3n) is 4.82. The fraction of sp³-hybridized carbons (Fsp3) is 0.333. The monoisotopic (exact) mass is 383 g/mol. The molecule has 1 saturated heterocycles. The number of piperidine rings is 1. The van der Waals surface area contributed by atoms with Crippen LogP contribution in [-0.4, -0.2) is 41.1 Å². The topological polar surface area (TPSA) is 105 Å². The second kappa shape index (κ2) is 9.34. The Morgan fingerprint density at radius 3 is 2.14 bits per heavy atom. The molecule has 0 spiro atoms. The van der Waals surface area contributed by atoms with Gasteiger partial charge in [0.2, 0.25) is 5.91 Å². The van der Waals surface area contributed by atoms with Crippen LogP contribution in [-0.2, 0) is 11.2 Å². The van der Waals surface area contributed by atoms with E-state index in [4.69, 9.17) is 15.7 Å². The van der Waals surface area contributed by atoms with Gasteiger partial charge in [0.15, 0.2) is 0 Å². The van der Waals surface area contributed by atoms with Gasteiger partial charge in [0.05, 0.1) is 6.04 Å². The van der Waals surface area contributed by atoms with E-state index in [1.165, 1.54) is 6.42 Å². The van der Waals surface area contributed by atoms with Crippen molar-refractivity contribution in [1.82, 2.24) is 10.4 Å². The maximum atomic E-state index is 12.4. The van der Waals surface area contributed by atoms with Crippen molar-refractivity contribution in [2.75, 3.05) is 13.1 Å². The number of carbonyl (C=O) groups excluding carboxylic acids is 2. The van der Waals surface area contributed by atoms with E-state index < -0.39 is 11.9 Å². The second-order valence-electron chi connectivity index (χ2n) is 6.91. The molecule has 0 saturated carbocycles. The zero-order valence-corrected chi connectivity index (χ0v) is 15.6. The Morgan fingerprint density at radius 1 is 1.00 bits per heavy atom. The van der Waals surface area contributed by atoms with Crippen LogP contribution in [0.1, 0.15) is 35.2 Å². The molecule has 0 aliphatic carbocycles. The molecule has 2 aromatic rings. The van der Waals surface area contributed by atoms with Crippen molar-refractivity contribution >= 4 is 11.8 Å². The van der Waals surface area contributed by atoms with Gasteiger partial charge in [0, 0.05) is 18.7 Å². The van der Waals surface area contributed by atoms with Crippen LogP contribution in [0.25, 0.3) is 0 Å². The minimum absolute atomic E-state index is 0.0204. The summed E-state index contributed by atoms with van der Waals surface area (Å²) in [7, 11) is 0. The lowest BCUT2D eigenvalue weighted by atomic mass is 10.0. The fourth-order valence-electron chi connectivity index (χ4n) is 3.26. The Morgan fingerprint density at radius 2 is 1.57 bits per heavy atom. The summed E-state index contributed by atoms with van der Waals surface area (Å²) in [4.78, 5) is 25.6. The molecule has 1 heterocycles. The minimum atomic E-state index is -0.577. The molecule has 0 bridgehead atoms. The molecule has 148 valence electrons. The fourth-order valence-corrected chi connectivity index (χ4v) is 3.26. The average Bonchev–Trinajstić information content (AvgIpc) is 2.75. The van der Waals surface area contributed by atoms with Crippen molar-refractivity contribution in [1.29, 1.82) is 0 Å². The molecule has 0 aromatic heterocycles. The number of rotatable bonds is 6. The molecule has 2 amide bonds. The van der Waals surface area contributed by atoms with Gasteiger partial charge >= 0.3 is 0 Å². The number of nitrogens with two attached hydrogens (primary N) is 1. The lowest BCUT2D eigenvalue weighted by molar-refractivity contribution is -0.133. The first-order chi connectivity index (χ1) is 13.6. The first-order valence-corrected chi connectivity index (χ1v) is 9.42. The van der Waals surface area contributed by atoms with Crippen LogP contribution in [0.15, 0.2) is 48.5 Å². The van der Waals surface area contributed by atoms with Gasteiger partial charge in [-0.1, -0.05) is 12.1 Å². The number of carbonyl (C=O) groups is 2. The SMILES string of the molecule is NC(Cc1ccc(Oc2ccc(C(=O)NO)cc2)cc1)C(=O)N1CCCCC1. The number of hydrogen-bond acceptors (Lipinski definition) is 5. The largest absolute Gasteiger partial charge is 0.457 e. The predicted octanol–water partition coefficient (Wildman–Crippen LogP) is 2.48. The molecule has 1 atom stereocenters. The molecule has 4 N–H and O–H groups in total. The number of nitrogens with one attached hydrogen (secondary N) is 1. The van der Waals surface area contributed by atoms with E-state index in [1.54, 1.807) is 29.7 Å². The highest BCUT2D eigenvalue weighted by atomic mass is 16.5. The van der Waals surface area contributed by atoms with Gasteiger partial charge in [-0.05, 0) is 67.6 Å². The van der Waals surface area contributed by atoms with E-state index in [2.05, 4.69) is 0 Å². The van der Waals surface area contributed by atoms with Crippen molar-refractivity contribution in [3.05, 3.63) is 59.7 Å². The number of ether oxygens (including phenoxy) is 1. The smallest absolute Gasteiger partial charge is 0.274 e. The molecule has 1 fully saturated rings. The zero-order chi connectivity index (χ0) is 19.9. The van der Waals surface area contributed by atoms with E-state index in [9.17, 15) is 9.59 Å². The third-order valence-corrected chi connectivity index (χ3v) is 4.82. The molecule has 7 heteroatoms. The van der Waals surface area contributed by atoms with E-state index in [0.717, 1.165) is 31.5 Å².